The summed E-state index contributed by atoms with van der Waals surface area (Å²) in [5.74, 6) is -0.450. The minimum Gasteiger partial charge on any atom is -0.480 e. The molecule has 2 aromatic carbocycles. The van der Waals surface area contributed by atoms with Gasteiger partial charge in [-0.25, -0.2) is 0 Å². The fourth-order valence-electron chi connectivity index (χ4n) is 2.64. The van der Waals surface area contributed by atoms with Crippen molar-refractivity contribution in [1.29, 1.82) is 0 Å². The summed E-state index contributed by atoms with van der Waals surface area (Å²) in [6.07, 6.45) is 0.674. The molecular weight excluding hydrogens is 226 g/mol. The summed E-state index contributed by atoms with van der Waals surface area (Å²) in [6.45, 7) is 0.745. The first-order valence-electron chi connectivity index (χ1n) is 6.19. The maximum absolute atomic E-state index is 10.9. The summed E-state index contributed by atoms with van der Waals surface area (Å²) in [6, 6.07) is 14.2. The fraction of sp³-hybridized carbons (Fsp3) is 0.267. The number of carboxylic acids is 1. The molecule has 2 atom stereocenters. The number of nitrogens with one attached hydrogen (secondary N) is 1. The molecule has 0 bridgehead atoms. The Labute approximate surface area is 105 Å². The zero-order valence-corrected chi connectivity index (χ0v) is 9.97. The molecule has 0 radical (unpaired) electrons. The Bertz CT molecular complexity index is 594. The molecule has 92 valence electrons. The van der Waals surface area contributed by atoms with E-state index in [4.69, 9.17) is 5.11 Å². The van der Waals surface area contributed by atoms with Gasteiger partial charge in [0.2, 0.25) is 0 Å². The van der Waals surface area contributed by atoms with Gasteiger partial charge in [0.25, 0.3) is 0 Å². The highest BCUT2D eigenvalue weighted by Crippen LogP contribution is 2.28. The summed E-state index contributed by atoms with van der Waals surface area (Å²) in [7, 11) is 0. The third-order valence-corrected chi connectivity index (χ3v) is 3.67. The minimum absolute atomic E-state index is 0.302. The third-order valence-electron chi connectivity index (χ3n) is 3.67. The van der Waals surface area contributed by atoms with Crippen LogP contribution in [0, 0.1) is 0 Å². The van der Waals surface area contributed by atoms with Gasteiger partial charge in [-0.3, -0.25) is 4.79 Å². The van der Waals surface area contributed by atoms with Gasteiger partial charge in [0, 0.05) is 6.54 Å². The van der Waals surface area contributed by atoms with Gasteiger partial charge in [0.05, 0.1) is 0 Å². The SMILES string of the molecule is O=C(O)[C@@H]1CC(c2ccc3ccccc3c2)CN1. The van der Waals surface area contributed by atoms with Gasteiger partial charge in [-0.15, -0.1) is 0 Å². The van der Waals surface area contributed by atoms with Crippen molar-refractivity contribution in [2.45, 2.75) is 18.4 Å². The smallest absolute Gasteiger partial charge is 0.320 e. The van der Waals surface area contributed by atoms with Crippen LogP contribution in [0.25, 0.3) is 10.8 Å². The van der Waals surface area contributed by atoms with Crippen LogP contribution in [-0.4, -0.2) is 23.7 Å². The molecule has 0 amide bonds. The van der Waals surface area contributed by atoms with Crippen molar-refractivity contribution in [3.63, 3.8) is 0 Å². The molecule has 3 rings (SSSR count). The van der Waals surface area contributed by atoms with E-state index in [2.05, 4.69) is 35.6 Å². The largest absolute Gasteiger partial charge is 0.480 e. The molecule has 0 spiro atoms. The van der Waals surface area contributed by atoms with Crippen molar-refractivity contribution < 1.29 is 9.90 Å². The normalized spacial score (nSPS) is 23.3. The first kappa shape index (κ1) is 11.2. The molecule has 2 aromatic rings. The molecule has 1 saturated heterocycles. The molecule has 1 aliphatic heterocycles. The van der Waals surface area contributed by atoms with Crippen molar-refractivity contribution in [1.82, 2.24) is 5.32 Å². The van der Waals surface area contributed by atoms with E-state index in [0.29, 0.717) is 12.3 Å². The average Bonchev–Trinajstić information content (AvgIpc) is 2.88. The highest BCUT2D eigenvalue weighted by Gasteiger charge is 2.29. The van der Waals surface area contributed by atoms with Gasteiger partial charge >= 0.3 is 5.97 Å². The molecule has 2 N–H and O–H groups in total. The second-order valence-corrected chi connectivity index (χ2v) is 4.84. The van der Waals surface area contributed by atoms with Gasteiger partial charge in [-0.05, 0) is 28.7 Å². The molecule has 0 aromatic heterocycles. The van der Waals surface area contributed by atoms with Crippen LogP contribution in [0.2, 0.25) is 0 Å². The predicted octanol–water partition coefficient (Wildman–Crippen LogP) is 2.37. The first-order chi connectivity index (χ1) is 8.74. The Morgan fingerprint density at radius 2 is 1.94 bits per heavy atom. The standard InChI is InChI=1S/C15H15NO2/c17-15(18)14-8-13(9-16-14)12-6-5-10-3-1-2-4-11(10)7-12/h1-7,13-14,16H,8-9H2,(H,17,18)/t13?,14-/m0/s1. The van der Waals surface area contributed by atoms with E-state index in [1.807, 2.05) is 12.1 Å². The van der Waals surface area contributed by atoms with Gasteiger partial charge in [-0.2, -0.15) is 0 Å². The summed E-state index contributed by atoms with van der Waals surface area (Å²) >= 11 is 0. The molecule has 0 saturated carbocycles. The van der Waals surface area contributed by atoms with Crippen LogP contribution in [0.5, 0.6) is 0 Å². The summed E-state index contributed by atoms with van der Waals surface area (Å²) in [5.41, 5.74) is 1.23. The van der Waals surface area contributed by atoms with Crippen molar-refractivity contribution in [3.8, 4) is 0 Å². The van der Waals surface area contributed by atoms with Crippen molar-refractivity contribution >= 4 is 16.7 Å². The molecule has 0 aliphatic carbocycles. The van der Waals surface area contributed by atoms with Crippen LogP contribution in [0.15, 0.2) is 42.5 Å². The van der Waals surface area contributed by atoms with Gasteiger partial charge in [-0.1, -0.05) is 42.5 Å². The van der Waals surface area contributed by atoms with Crippen molar-refractivity contribution in [3.05, 3.63) is 48.0 Å². The van der Waals surface area contributed by atoms with Gasteiger partial charge in [0.15, 0.2) is 0 Å². The Morgan fingerprint density at radius 1 is 1.17 bits per heavy atom. The van der Waals surface area contributed by atoms with Crippen LogP contribution < -0.4 is 5.32 Å². The highest BCUT2D eigenvalue weighted by molar-refractivity contribution is 5.83. The topological polar surface area (TPSA) is 49.3 Å². The molecular formula is C15H15NO2. The second kappa shape index (κ2) is 4.42. The zero-order valence-electron chi connectivity index (χ0n) is 9.97. The summed E-state index contributed by atoms with van der Waals surface area (Å²) in [5, 5.41) is 14.5. The van der Waals surface area contributed by atoms with Crippen LogP contribution >= 0.6 is 0 Å². The molecule has 3 nitrogen and oxygen atoms in total. The number of benzene rings is 2. The van der Waals surface area contributed by atoms with E-state index in [1.165, 1.54) is 16.3 Å². The summed E-state index contributed by atoms with van der Waals surface area (Å²) < 4.78 is 0. The van der Waals surface area contributed by atoms with E-state index >= 15 is 0 Å². The van der Waals surface area contributed by atoms with E-state index in [9.17, 15) is 4.79 Å². The first-order valence-corrected chi connectivity index (χ1v) is 6.19. The van der Waals surface area contributed by atoms with E-state index < -0.39 is 12.0 Å². The van der Waals surface area contributed by atoms with Crippen LogP contribution in [-0.2, 0) is 4.79 Å². The number of aliphatic carboxylic acids is 1. The maximum atomic E-state index is 10.9. The van der Waals surface area contributed by atoms with E-state index in [-0.39, 0.29) is 0 Å². The molecule has 1 aliphatic rings. The Balaban J connectivity index is 1.89. The molecule has 1 heterocycles. The lowest BCUT2D eigenvalue weighted by Crippen LogP contribution is -2.29. The third kappa shape index (κ3) is 1.97. The lowest BCUT2D eigenvalue weighted by atomic mass is 9.94. The second-order valence-electron chi connectivity index (χ2n) is 4.84. The van der Waals surface area contributed by atoms with E-state index in [0.717, 1.165) is 6.54 Å². The highest BCUT2D eigenvalue weighted by atomic mass is 16.4. The molecule has 18 heavy (non-hydrogen) atoms. The average molecular weight is 241 g/mol. The lowest BCUT2D eigenvalue weighted by molar-refractivity contribution is -0.139. The maximum Gasteiger partial charge on any atom is 0.320 e. The quantitative estimate of drug-likeness (QED) is 0.848. The monoisotopic (exact) mass is 241 g/mol. The number of fused-ring (bicyclic) bond motifs is 1. The molecule has 1 fully saturated rings. The number of hydrogen-bond donors (Lipinski definition) is 2. The fourth-order valence-corrected chi connectivity index (χ4v) is 2.64. The lowest BCUT2D eigenvalue weighted by Gasteiger charge is -2.10. The Morgan fingerprint density at radius 3 is 2.67 bits per heavy atom. The predicted molar refractivity (Wildman–Crippen MR) is 70.7 cm³/mol. The van der Waals surface area contributed by atoms with Crippen molar-refractivity contribution in [2.75, 3.05) is 6.54 Å². The number of rotatable bonds is 2. The minimum atomic E-state index is -0.752. The van der Waals surface area contributed by atoms with Crippen molar-refractivity contribution in [2.24, 2.45) is 0 Å². The number of hydrogen-bond acceptors (Lipinski definition) is 2. The molecule has 3 heteroatoms. The van der Waals surface area contributed by atoms with Gasteiger partial charge < -0.3 is 10.4 Å². The Hall–Kier alpha value is -1.87. The van der Waals surface area contributed by atoms with Crippen LogP contribution in [0.4, 0.5) is 0 Å². The number of carbonyl (C=O) groups is 1. The Kier molecular flexibility index (Phi) is 2.76. The molecule has 1 unspecified atom stereocenters. The van der Waals surface area contributed by atoms with Gasteiger partial charge in [0.1, 0.15) is 6.04 Å². The van der Waals surface area contributed by atoms with E-state index in [1.54, 1.807) is 0 Å². The van der Waals surface area contributed by atoms with Crippen LogP contribution in [0.3, 0.4) is 0 Å². The van der Waals surface area contributed by atoms with Crippen LogP contribution in [0.1, 0.15) is 17.9 Å². The summed E-state index contributed by atoms with van der Waals surface area (Å²) in [4.78, 5) is 10.9. The number of carboxylic acid groups (broad SMARTS) is 1. The zero-order chi connectivity index (χ0) is 12.5.